The van der Waals surface area contributed by atoms with Gasteiger partial charge in [-0.1, -0.05) is 0 Å². The quantitative estimate of drug-likeness (QED) is 0.599. The van der Waals surface area contributed by atoms with Crippen LogP contribution >= 0.6 is 0 Å². The molecule has 0 bridgehead atoms. The zero-order valence-corrected chi connectivity index (χ0v) is 16.1. The van der Waals surface area contributed by atoms with Crippen molar-refractivity contribution in [3.05, 3.63) is 24.2 Å². The fourth-order valence-electron chi connectivity index (χ4n) is 3.71. The van der Waals surface area contributed by atoms with E-state index in [-0.39, 0.29) is 6.61 Å². The standard InChI is InChI=1S/C18H22N6O4/c1-17(2)27-14-12(7-25)26-18(8-19,15(14)28-17)13-6-5-11-16(21-10-23(3)4)20-9-22-24(11)13/h5-6,9-10,12,14-15,25H,7H2,1-4H3/b21-10-/t12-,14-,15-,18+/m1/s1. The zero-order chi connectivity index (χ0) is 20.1. The summed E-state index contributed by atoms with van der Waals surface area (Å²) in [5.74, 6) is -0.432. The second-order valence-electron chi connectivity index (χ2n) is 7.51. The number of hydrogen-bond acceptors (Lipinski definition) is 8. The fraction of sp³-hybridized carbons (Fsp3) is 0.556. The van der Waals surface area contributed by atoms with Gasteiger partial charge in [0.05, 0.1) is 18.6 Å². The van der Waals surface area contributed by atoms with Crippen molar-refractivity contribution in [1.29, 1.82) is 5.26 Å². The minimum absolute atomic E-state index is 0.291. The average molecular weight is 386 g/mol. The third-order valence-electron chi connectivity index (χ3n) is 4.80. The van der Waals surface area contributed by atoms with Gasteiger partial charge in [0.2, 0.25) is 5.60 Å². The maximum absolute atomic E-state index is 10.1. The largest absolute Gasteiger partial charge is 0.394 e. The average Bonchev–Trinajstić information content (AvgIpc) is 3.30. The maximum Gasteiger partial charge on any atom is 0.226 e. The molecule has 28 heavy (non-hydrogen) atoms. The second kappa shape index (κ2) is 6.49. The Balaban J connectivity index is 1.84. The van der Waals surface area contributed by atoms with Gasteiger partial charge in [-0.3, -0.25) is 0 Å². The molecule has 2 fully saturated rings. The summed E-state index contributed by atoms with van der Waals surface area (Å²) in [6, 6.07) is 5.77. The third-order valence-corrected chi connectivity index (χ3v) is 4.80. The van der Waals surface area contributed by atoms with Crippen LogP contribution in [0.3, 0.4) is 0 Å². The molecule has 0 aromatic carbocycles. The van der Waals surface area contributed by atoms with Gasteiger partial charge in [0.1, 0.15) is 36.2 Å². The highest BCUT2D eigenvalue weighted by molar-refractivity contribution is 5.71. The Kier molecular flexibility index (Phi) is 4.35. The lowest BCUT2D eigenvalue weighted by Crippen LogP contribution is -2.40. The summed E-state index contributed by atoms with van der Waals surface area (Å²) in [5, 5.41) is 24.2. The minimum Gasteiger partial charge on any atom is -0.394 e. The van der Waals surface area contributed by atoms with Crippen LogP contribution in [-0.4, -0.2) is 75.7 Å². The van der Waals surface area contributed by atoms with Gasteiger partial charge in [-0.2, -0.15) is 10.4 Å². The molecule has 1 N–H and O–H groups in total. The number of rotatable bonds is 4. The molecule has 0 amide bonds. The fourth-order valence-corrected chi connectivity index (χ4v) is 3.71. The van der Waals surface area contributed by atoms with Gasteiger partial charge in [-0.05, 0) is 26.0 Å². The van der Waals surface area contributed by atoms with Gasteiger partial charge < -0.3 is 24.2 Å². The molecule has 2 aromatic rings. The lowest BCUT2D eigenvalue weighted by atomic mass is 9.92. The molecule has 4 heterocycles. The Labute approximate surface area is 162 Å². The van der Waals surface area contributed by atoms with E-state index in [1.54, 1.807) is 41.7 Å². The number of ether oxygens (including phenoxy) is 3. The van der Waals surface area contributed by atoms with Crippen LogP contribution in [0.2, 0.25) is 0 Å². The van der Waals surface area contributed by atoms with E-state index in [1.807, 2.05) is 14.1 Å². The highest BCUT2D eigenvalue weighted by Gasteiger charge is 2.65. The molecule has 2 aliphatic rings. The Hall–Kier alpha value is -2.58. The van der Waals surface area contributed by atoms with Crippen molar-refractivity contribution in [1.82, 2.24) is 19.5 Å². The maximum atomic E-state index is 10.1. The predicted octanol–water partition coefficient (Wildman–Crippen LogP) is 0.581. The molecule has 4 rings (SSSR count). The first-order chi connectivity index (χ1) is 13.3. The van der Waals surface area contributed by atoms with E-state index in [0.717, 1.165) is 0 Å². The van der Waals surface area contributed by atoms with Crippen molar-refractivity contribution in [3.8, 4) is 6.07 Å². The van der Waals surface area contributed by atoms with Crippen molar-refractivity contribution >= 4 is 17.7 Å². The molecule has 2 saturated heterocycles. The number of hydrogen-bond donors (Lipinski definition) is 1. The number of fused-ring (bicyclic) bond motifs is 2. The van der Waals surface area contributed by atoms with Crippen molar-refractivity contribution in [2.75, 3.05) is 20.7 Å². The van der Waals surface area contributed by atoms with Crippen molar-refractivity contribution in [2.24, 2.45) is 4.99 Å². The topological polar surface area (TPSA) is 118 Å². The lowest BCUT2D eigenvalue weighted by Gasteiger charge is -2.28. The molecular formula is C18H22N6O4. The first kappa shape index (κ1) is 18.8. The van der Waals surface area contributed by atoms with Gasteiger partial charge in [-0.15, -0.1) is 0 Å². The molecular weight excluding hydrogens is 364 g/mol. The summed E-state index contributed by atoms with van der Waals surface area (Å²) < 4.78 is 19.5. The highest BCUT2D eigenvalue weighted by Crippen LogP contribution is 2.49. The Bertz CT molecular complexity index is 965. The third kappa shape index (κ3) is 2.75. The van der Waals surface area contributed by atoms with E-state index in [9.17, 15) is 10.4 Å². The van der Waals surface area contributed by atoms with Crippen molar-refractivity contribution in [2.45, 2.75) is 43.5 Å². The highest BCUT2D eigenvalue weighted by atomic mass is 16.8. The molecule has 148 valence electrons. The van der Waals surface area contributed by atoms with E-state index in [0.29, 0.717) is 17.0 Å². The zero-order valence-electron chi connectivity index (χ0n) is 16.1. The Morgan fingerprint density at radius 1 is 1.36 bits per heavy atom. The van der Waals surface area contributed by atoms with Crippen LogP contribution in [0.1, 0.15) is 19.5 Å². The van der Waals surface area contributed by atoms with Crippen LogP contribution in [0.5, 0.6) is 0 Å². The van der Waals surface area contributed by atoms with E-state index >= 15 is 0 Å². The van der Waals surface area contributed by atoms with E-state index < -0.39 is 29.7 Å². The molecule has 0 radical (unpaired) electrons. The predicted molar refractivity (Wildman–Crippen MR) is 97.9 cm³/mol. The molecule has 10 nitrogen and oxygen atoms in total. The summed E-state index contributed by atoms with van der Waals surface area (Å²) in [6.07, 6.45) is 1.03. The lowest BCUT2D eigenvalue weighted by molar-refractivity contribution is -0.204. The number of aliphatic hydroxyl groups is 1. The van der Waals surface area contributed by atoms with Crippen molar-refractivity contribution < 1.29 is 19.3 Å². The van der Waals surface area contributed by atoms with Gasteiger partial charge in [0.15, 0.2) is 11.6 Å². The summed E-state index contributed by atoms with van der Waals surface area (Å²) in [6.45, 7) is 3.25. The monoisotopic (exact) mass is 386 g/mol. The summed E-state index contributed by atoms with van der Waals surface area (Å²) in [5.41, 5.74) is -0.397. The van der Waals surface area contributed by atoms with Crippen LogP contribution in [0.4, 0.5) is 5.82 Å². The van der Waals surface area contributed by atoms with Crippen LogP contribution < -0.4 is 0 Å². The van der Waals surface area contributed by atoms with Crippen LogP contribution in [0.25, 0.3) is 5.52 Å². The second-order valence-corrected chi connectivity index (χ2v) is 7.51. The Morgan fingerprint density at radius 3 is 2.82 bits per heavy atom. The van der Waals surface area contributed by atoms with Gasteiger partial charge in [0, 0.05) is 14.1 Å². The number of aliphatic hydroxyl groups excluding tert-OH is 1. The normalized spacial score (nSPS) is 31.4. The smallest absolute Gasteiger partial charge is 0.226 e. The molecule has 2 aliphatic heterocycles. The molecule has 2 aromatic heterocycles. The summed E-state index contributed by atoms with van der Waals surface area (Å²) >= 11 is 0. The minimum atomic E-state index is -1.49. The van der Waals surface area contributed by atoms with Crippen molar-refractivity contribution in [3.63, 3.8) is 0 Å². The van der Waals surface area contributed by atoms with Crippen LogP contribution in [0, 0.1) is 11.3 Å². The van der Waals surface area contributed by atoms with Crippen LogP contribution in [-0.2, 0) is 19.8 Å². The van der Waals surface area contributed by atoms with Gasteiger partial charge in [-0.25, -0.2) is 14.5 Å². The molecule has 0 saturated carbocycles. The molecule has 10 heteroatoms. The Morgan fingerprint density at radius 2 is 2.14 bits per heavy atom. The molecule has 4 atom stereocenters. The van der Waals surface area contributed by atoms with Gasteiger partial charge >= 0.3 is 0 Å². The van der Waals surface area contributed by atoms with E-state index in [1.165, 1.54) is 6.33 Å². The number of aliphatic imine (C=N–C) groups is 1. The first-order valence-corrected chi connectivity index (χ1v) is 8.91. The summed E-state index contributed by atoms with van der Waals surface area (Å²) in [7, 11) is 3.72. The van der Waals surface area contributed by atoms with E-state index in [4.69, 9.17) is 14.2 Å². The molecule has 0 unspecified atom stereocenters. The van der Waals surface area contributed by atoms with Crippen LogP contribution in [0.15, 0.2) is 23.5 Å². The molecule has 0 aliphatic carbocycles. The number of nitrogens with zero attached hydrogens (tertiary/aromatic N) is 6. The summed E-state index contributed by atoms with van der Waals surface area (Å²) in [4.78, 5) is 10.4. The first-order valence-electron chi connectivity index (χ1n) is 8.91. The van der Waals surface area contributed by atoms with E-state index in [2.05, 4.69) is 21.1 Å². The van der Waals surface area contributed by atoms with Gasteiger partial charge in [0.25, 0.3) is 0 Å². The number of nitriles is 1. The SMILES string of the molecule is CN(C)/C=N\c1ncnn2c([C@]3(C#N)O[C@H](CO)[C@H]4OC(C)(C)O[C@H]43)ccc12. The number of aromatic nitrogens is 3. The molecule has 0 spiro atoms.